The maximum absolute atomic E-state index is 13.0. The number of likely N-dealkylation sites (tertiary alicyclic amines) is 1. The van der Waals surface area contributed by atoms with Crippen molar-refractivity contribution in [1.82, 2.24) is 15.2 Å². The fraction of sp³-hybridized carbons (Fsp3) is 0.353. The van der Waals surface area contributed by atoms with Crippen LogP contribution in [0.3, 0.4) is 0 Å². The van der Waals surface area contributed by atoms with Gasteiger partial charge in [0.05, 0.1) is 0 Å². The summed E-state index contributed by atoms with van der Waals surface area (Å²) in [7, 11) is 1.58. The zero-order valence-corrected chi connectivity index (χ0v) is 14.1. The van der Waals surface area contributed by atoms with Gasteiger partial charge >= 0.3 is 0 Å². The topological polar surface area (TPSA) is 62.3 Å². The zero-order chi connectivity index (χ0) is 17.1. The van der Waals surface area contributed by atoms with E-state index < -0.39 is 6.04 Å². The van der Waals surface area contributed by atoms with Crippen molar-refractivity contribution in [2.75, 3.05) is 13.6 Å². The number of hydrogen-bond acceptors (Lipinski definition) is 4. The molecule has 3 rings (SSSR count). The molecule has 1 fully saturated rings. The maximum atomic E-state index is 13.0. The summed E-state index contributed by atoms with van der Waals surface area (Å²) in [5.41, 5.74) is 1.09. The Bertz CT molecular complexity index is 745. The van der Waals surface area contributed by atoms with Crippen LogP contribution in [0.5, 0.6) is 0 Å². The molecule has 1 aliphatic heterocycles. The Morgan fingerprint density at radius 1 is 1.29 bits per heavy atom. The van der Waals surface area contributed by atoms with Crippen molar-refractivity contribution in [1.29, 1.82) is 0 Å². The van der Waals surface area contributed by atoms with E-state index in [2.05, 4.69) is 10.3 Å². The number of rotatable bonds is 3. The van der Waals surface area contributed by atoms with Crippen molar-refractivity contribution in [3.63, 3.8) is 0 Å². The van der Waals surface area contributed by atoms with Crippen molar-refractivity contribution < 1.29 is 14.0 Å². The molecule has 2 amide bonds. The molecule has 1 atom stereocenters. The minimum atomic E-state index is -0.438. The molecule has 0 aliphatic carbocycles. The Hall–Kier alpha value is -2.28. The van der Waals surface area contributed by atoms with Crippen LogP contribution in [0, 0.1) is 5.82 Å². The molecule has 0 spiro atoms. The van der Waals surface area contributed by atoms with E-state index in [1.165, 1.54) is 23.5 Å². The first kappa shape index (κ1) is 16.6. The minimum absolute atomic E-state index is 0.142. The first-order chi connectivity index (χ1) is 11.6. The highest BCUT2D eigenvalue weighted by Gasteiger charge is 2.33. The molecular formula is C17H18FN3O2S. The average molecular weight is 347 g/mol. The number of carbonyl (C=O) groups excluding carboxylic acids is 2. The molecule has 1 N–H and O–H groups in total. The second kappa shape index (κ2) is 7.09. The summed E-state index contributed by atoms with van der Waals surface area (Å²) in [6, 6.07) is 5.56. The van der Waals surface area contributed by atoms with Crippen molar-refractivity contribution in [2.24, 2.45) is 0 Å². The predicted octanol–water partition coefficient (Wildman–Crippen LogP) is 2.69. The van der Waals surface area contributed by atoms with Crippen LogP contribution in [0.2, 0.25) is 0 Å². The highest BCUT2D eigenvalue weighted by atomic mass is 32.1. The fourth-order valence-corrected chi connectivity index (χ4v) is 3.66. The monoisotopic (exact) mass is 347 g/mol. The lowest BCUT2D eigenvalue weighted by atomic mass is 10.0. The van der Waals surface area contributed by atoms with Crippen molar-refractivity contribution >= 4 is 23.2 Å². The molecule has 24 heavy (non-hydrogen) atoms. The Kier molecular flexibility index (Phi) is 4.89. The van der Waals surface area contributed by atoms with Crippen LogP contribution in [0.1, 0.15) is 29.8 Å². The third kappa shape index (κ3) is 3.31. The van der Waals surface area contributed by atoms with E-state index in [0.29, 0.717) is 23.7 Å². The summed E-state index contributed by atoms with van der Waals surface area (Å²) in [6.07, 6.45) is 2.48. The van der Waals surface area contributed by atoms with Crippen LogP contribution in [0.4, 0.5) is 4.39 Å². The van der Waals surface area contributed by atoms with E-state index in [4.69, 9.17) is 0 Å². The summed E-state index contributed by atoms with van der Waals surface area (Å²) >= 11 is 1.33. The number of benzene rings is 1. The Labute approximate surface area is 143 Å². The molecule has 0 radical (unpaired) electrons. The lowest BCUT2D eigenvalue weighted by molar-refractivity contribution is -0.126. The van der Waals surface area contributed by atoms with Gasteiger partial charge in [-0.05, 0) is 43.5 Å². The van der Waals surface area contributed by atoms with Gasteiger partial charge in [-0.3, -0.25) is 9.59 Å². The van der Waals surface area contributed by atoms with E-state index in [1.807, 2.05) is 0 Å². The lowest BCUT2D eigenvalue weighted by Gasteiger charge is -2.33. The summed E-state index contributed by atoms with van der Waals surface area (Å²) in [6.45, 7) is 0.556. The number of aromatic nitrogens is 1. The summed E-state index contributed by atoms with van der Waals surface area (Å²) in [5.74, 6) is -0.682. The van der Waals surface area contributed by atoms with Crippen LogP contribution < -0.4 is 5.32 Å². The molecule has 1 aromatic carbocycles. The van der Waals surface area contributed by atoms with Gasteiger partial charge in [0.25, 0.3) is 5.91 Å². The van der Waals surface area contributed by atoms with E-state index in [9.17, 15) is 14.0 Å². The number of piperidine rings is 1. The van der Waals surface area contributed by atoms with Crippen molar-refractivity contribution in [3.05, 3.63) is 41.2 Å². The molecule has 1 aliphatic rings. The summed E-state index contributed by atoms with van der Waals surface area (Å²) < 4.78 is 13.0. The van der Waals surface area contributed by atoms with E-state index >= 15 is 0 Å². The van der Waals surface area contributed by atoms with Crippen LogP contribution in [0.25, 0.3) is 10.6 Å². The number of nitrogens with zero attached hydrogens (tertiary/aromatic N) is 2. The van der Waals surface area contributed by atoms with Gasteiger partial charge in [0.2, 0.25) is 5.91 Å². The lowest BCUT2D eigenvalue weighted by Crippen LogP contribution is -2.51. The minimum Gasteiger partial charge on any atom is -0.357 e. The molecule has 7 heteroatoms. The first-order valence-corrected chi connectivity index (χ1v) is 8.72. The van der Waals surface area contributed by atoms with Crippen molar-refractivity contribution in [3.8, 4) is 10.6 Å². The van der Waals surface area contributed by atoms with Gasteiger partial charge < -0.3 is 10.2 Å². The Balaban J connectivity index is 1.82. The van der Waals surface area contributed by atoms with Crippen LogP contribution >= 0.6 is 11.3 Å². The Morgan fingerprint density at radius 3 is 2.75 bits per heavy atom. The summed E-state index contributed by atoms with van der Waals surface area (Å²) in [5, 5.41) is 4.97. The highest BCUT2D eigenvalue weighted by molar-refractivity contribution is 7.13. The molecule has 1 saturated heterocycles. The number of nitrogens with one attached hydrogen (secondary N) is 1. The fourth-order valence-electron chi connectivity index (χ4n) is 2.86. The average Bonchev–Trinajstić information content (AvgIpc) is 3.11. The Morgan fingerprint density at radius 2 is 2.04 bits per heavy atom. The predicted molar refractivity (Wildman–Crippen MR) is 90.3 cm³/mol. The molecule has 0 saturated carbocycles. The summed E-state index contributed by atoms with van der Waals surface area (Å²) in [4.78, 5) is 30.8. The first-order valence-electron chi connectivity index (χ1n) is 7.84. The van der Waals surface area contributed by atoms with Gasteiger partial charge in [-0.25, -0.2) is 9.37 Å². The molecule has 1 aromatic heterocycles. The second-order valence-corrected chi connectivity index (χ2v) is 6.53. The number of likely N-dealkylation sites (N-methyl/N-ethyl adjacent to an activating group) is 1. The normalized spacial score (nSPS) is 17.6. The number of thiazole rings is 1. The molecule has 1 unspecified atom stereocenters. The van der Waals surface area contributed by atoms with Gasteiger partial charge in [0.1, 0.15) is 22.6 Å². The van der Waals surface area contributed by atoms with E-state index in [0.717, 1.165) is 18.4 Å². The maximum Gasteiger partial charge on any atom is 0.274 e. The molecule has 5 nitrogen and oxygen atoms in total. The standard InChI is InChI=1S/C17H18FN3O2S/c1-19-15(22)14-4-2-3-9-21(14)17(23)13-10-24-16(20-13)11-5-7-12(18)8-6-11/h5-8,10,14H,2-4,9H2,1H3,(H,19,22). The van der Waals surface area contributed by atoms with E-state index in [-0.39, 0.29) is 17.6 Å². The van der Waals surface area contributed by atoms with Crippen LogP contribution in [-0.4, -0.2) is 41.3 Å². The zero-order valence-electron chi connectivity index (χ0n) is 13.3. The molecular weight excluding hydrogens is 329 g/mol. The largest absolute Gasteiger partial charge is 0.357 e. The van der Waals surface area contributed by atoms with Gasteiger partial charge in [0.15, 0.2) is 0 Å². The van der Waals surface area contributed by atoms with E-state index in [1.54, 1.807) is 29.5 Å². The van der Waals surface area contributed by atoms with Crippen LogP contribution in [-0.2, 0) is 4.79 Å². The van der Waals surface area contributed by atoms with Gasteiger partial charge in [-0.15, -0.1) is 11.3 Å². The molecule has 2 aromatic rings. The third-order valence-corrected chi connectivity index (χ3v) is 5.02. The van der Waals surface area contributed by atoms with Crippen molar-refractivity contribution in [2.45, 2.75) is 25.3 Å². The number of hydrogen-bond donors (Lipinski definition) is 1. The molecule has 0 bridgehead atoms. The van der Waals surface area contributed by atoms with Gasteiger partial charge in [-0.2, -0.15) is 0 Å². The number of carbonyl (C=O) groups is 2. The highest BCUT2D eigenvalue weighted by Crippen LogP contribution is 2.26. The second-order valence-electron chi connectivity index (χ2n) is 5.67. The molecule has 126 valence electrons. The SMILES string of the molecule is CNC(=O)C1CCCCN1C(=O)c1csc(-c2ccc(F)cc2)n1. The quantitative estimate of drug-likeness (QED) is 0.928. The van der Waals surface area contributed by atoms with Crippen LogP contribution in [0.15, 0.2) is 29.6 Å². The number of amides is 2. The smallest absolute Gasteiger partial charge is 0.274 e. The molecule has 2 heterocycles. The van der Waals surface area contributed by atoms with Gasteiger partial charge in [-0.1, -0.05) is 0 Å². The number of halogens is 1. The van der Waals surface area contributed by atoms with Gasteiger partial charge in [0, 0.05) is 24.5 Å². The third-order valence-electron chi connectivity index (χ3n) is 4.13.